The van der Waals surface area contributed by atoms with Gasteiger partial charge >= 0.3 is 0 Å². The first-order valence-electron chi connectivity index (χ1n) is 15.6. The average molecular weight is 585 g/mol. The van der Waals surface area contributed by atoms with Crippen LogP contribution in [-0.4, -0.2) is 0 Å². The first-order valence-corrected chi connectivity index (χ1v) is 15.6. The molecule has 2 nitrogen and oxygen atoms in total. The van der Waals surface area contributed by atoms with Crippen molar-refractivity contribution in [3.05, 3.63) is 178 Å². The zero-order valence-corrected chi connectivity index (χ0v) is 26.8. The zero-order chi connectivity index (χ0) is 31.3. The highest BCUT2D eigenvalue weighted by Gasteiger charge is 2.17. The van der Waals surface area contributed by atoms with Gasteiger partial charge in [-0.15, -0.1) is 0 Å². The van der Waals surface area contributed by atoms with Crippen molar-refractivity contribution in [1.82, 2.24) is 0 Å². The topological polar surface area (TPSA) is 6.48 Å². The molecular formula is C43H40N2. The van der Waals surface area contributed by atoms with Crippen molar-refractivity contribution in [3.8, 4) is 0 Å². The van der Waals surface area contributed by atoms with Gasteiger partial charge in [0.2, 0.25) is 0 Å². The maximum Gasteiger partial charge on any atom is 0.0519 e. The number of anilines is 6. The minimum absolute atomic E-state index is 1.14. The summed E-state index contributed by atoms with van der Waals surface area (Å²) in [7, 11) is 0. The lowest BCUT2D eigenvalue weighted by Crippen LogP contribution is -2.12. The van der Waals surface area contributed by atoms with Crippen LogP contribution in [0, 0.1) is 34.6 Å². The van der Waals surface area contributed by atoms with E-state index in [0.29, 0.717) is 0 Å². The third-order valence-corrected chi connectivity index (χ3v) is 8.40. The van der Waals surface area contributed by atoms with Gasteiger partial charge in [-0.1, -0.05) is 109 Å². The second-order valence-corrected chi connectivity index (χ2v) is 11.8. The van der Waals surface area contributed by atoms with E-state index in [2.05, 4.69) is 196 Å². The summed E-state index contributed by atoms with van der Waals surface area (Å²) in [5.41, 5.74) is 15.7. The molecule has 0 aliphatic heterocycles. The molecule has 0 aliphatic rings. The number of hydrogen-bond acceptors (Lipinski definition) is 2. The van der Waals surface area contributed by atoms with Gasteiger partial charge in [0.1, 0.15) is 0 Å². The van der Waals surface area contributed by atoms with E-state index in [1.165, 1.54) is 39.2 Å². The lowest BCUT2D eigenvalue weighted by Gasteiger charge is -2.29. The SMILES string of the molecule is Cc1ccc(N(c2ccc(/C=C/c3ccc(N(c4ccccc4)c4c(C)cccc4C)cc3)cc2)c2c(C)cccc2C)cc1. The van der Waals surface area contributed by atoms with Crippen LogP contribution >= 0.6 is 0 Å². The molecular weight excluding hydrogens is 544 g/mol. The van der Waals surface area contributed by atoms with Gasteiger partial charge in [-0.05, 0) is 117 Å². The molecule has 2 heteroatoms. The van der Waals surface area contributed by atoms with E-state index in [9.17, 15) is 0 Å². The normalized spacial score (nSPS) is 11.1. The summed E-state index contributed by atoms with van der Waals surface area (Å²) >= 11 is 0. The van der Waals surface area contributed by atoms with E-state index in [-0.39, 0.29) is 0 Å². The van der Waals surface area contributed by atoms with Crippen LogP contribution < -0.4 is 9.80 Å². The van der Waals surface area contributed by atoms with E-state index >= 15 is 0 Å². The van der Waals surface area contributed by atoms with E-state index in [1.807, 2.05) is 0 Å². The van der Waals surface area contributed by atoms with Crippen LogP contribution in [0.4, 0.5) is 34.1 Å². The Bertz CT molecular complexity index is 1880. The lowest BCUT2D eigenvalue weighted by molar-refractivity contribution is 1.21. The minimum Gasteiger partial charge on any atom is -0.310 e. The monoisotopic (exact) mass is 584 g/mol. The summed E-state index contributed by atoms with van der Waals surface area (Å²) < 4.78 is 0. The van der Waals surface area contributed by atoms with Gasteiger partial charge in [-0.3, -0.25) is 0 Å². The van der Waals surface area contributed by atoms with Crippen LogP contribution in [0.3, 0.4) is 0 Å². The van der Waals surface area contributed by atoms with E-state index in [0.717, 1.165) is 33.9 Å². The standard InChI is InChI=1S/C43H40N2/c1-31-17-25-39(26-18-31)45(43-34(4)13-10-14-35(43)5)41-29-23-37(24-30-41)20-19-36-21-27-40(28-22-36)44(38-15-7-6-8-16-38)42-32(2)11-9-12-33(42)3/h6-30H,1-5H3/b20-19+. The van der Waals surface area contributed by atoms with Gasteiger partial charge in [0.25, 0.3) is 0 Å². The van der Waals surface area contributed by atoms with Gasteiger partial charge in [0.15, 0.2) is 0 Å². The Hall–Kier alpha value is -5.34. The first-order chi connectivity index (χ1) is 21.9. The van der Waals surface area contributed by atoms with Crippen LogP contribution in [0.1, 0.15) is 38.9 Å². The smallest absolute Gasteiger partial charge is 0.0519 e. The fourth-order valence-electron chi connectivity index (χ4n) is 6.06. The van der Waals surface area contributed by atoms with Gasteiger partial charge in [-0.2, -0.15) is 0 Å². The average Bonchev–Trinajstić information content (AvgIpc) is 3.05. The summed E-state index contributed by atoms with van der Waals surface area (Å²) in [6.07, 6.45) is 4.38. The summed E-state index contributed by atoms with van der Waals surface area (Å²) in [5, 5.41) is 0. The molecule has 0 saturated carbocycles. The molecule has 0 unspecified atom stereocenters. The molecule has 45 heavy (non-hydrogen) atoms. The molecule has 6 aromatic rings. The Morgan fingerprint density at radius 2 is 0.667 bits per heavy atom. The molecule has 6 aromatic carbocycles. The first kappa shape index (κ1) is 29.7. The second kappa shape index (κ2) is 13.1. The van der Waals surface area contributed by atoms with Gasteiger partial charge < -0.3 is 9.80 Å². The molecule has 0 saturated heterocycles. The predicted molar refractivity (Wildman–Crippen MR) is 195 cm³/mol. The molecule has 6 rings (SSSR count). The molecule has 0 N–H and O–H groups in total. The number of rotatable bonds is 8. The summed E-state index contributed by atoms with van der Waals surface area (Å²) in [5.74, 6) is 0. The Kier molecular flexibility index (Phi) is 8.66. The Morgan fingerprint density at radius 1 is 0.333 bits per heavy atom. The third-order valence-electron chi connectivity index (χ3n) is 8.40. The van der Waals surface area contributed by atoms with E-state index < -0.39 is 0 Å². The van der Waals surface area contributed by atoms with Crippen molar-refractivity contribution >= 4 is 46.3 Å². The number of nitrogens with zero attached hydrogens (tertiary/aromatic N) is 2. The fourth-order valence-corrected chi connectivity index (χ4v) is 6.06. The third kappa shape index (κ3) is 6.46. The number of aryl methyl sites for hydroxylation is 5. The number of benzene rings is 6. The quantitative estimate of drug-likeness (QED) is 0.164. The van der Waals surface area contributed by atoms with E-state index in [1.54, 1.807) is 0 Å². The fraction of sp³-hybridized carbons (Fsp3) is 0.116. The van der Waals surface area contributed by atoms with Gasteiger partial charge in [0, 0.05) is 22.7 Å². The Balaban J connectivity index is 1.27. The van der Waals surface area contributed by atoms with Crippen molar-refractivity contribution in [2.45, 2.75) is 34.6 Å². The van der Waals surface area contributed by atoms with Crippen molar-refractivity contribution in [2.24, 2.45) is 0 Å². The van der Waals surface area contributed by atoms with Crippen molar-refractivity contribution in [2.75, 3.05) is 9.80 Å². The molecule has 0 aromatic heterocycles. The van der Waals surface area contributed by atoms with Crippen LogP contribution in [0.2, 0.25) is 0 Å². The molecule has 0 bridgehead atoms. The number of hydrogen-bond donors (Lipinski definition) is 0. The van der Waals surface area contributed by atoms with Crippen LogP contribution in [0.15, 0.2) is 140 Å². The van der Waals surface area contributed by atoms with Gasteiger partial charge in [-0.25, -0.2) is 0 Å². The maximum atomic E-state index is 2.37. The highest BCUT2D eigenvalue weighted by molar-refractivity contribution is 5.83. The largest absolute Gasteiger partial charge is 0.310 e. The molecule has 0 atom stereocenters. The van der Waals surface area contributed by atoms with Crippen LogP contribution in [0.25, 0.3) is 12.2 Å². The second-order valence-electron chi connectivity index (χ2n) is 11.8. The highest BCUT2D eigenvalue weighted by Crippen LogP contribution is 2.40. The Labute approximate surface area is 268 Å². The van der Waals surface area contributed by atoms with Crippen LogP contribution in [-0.2, 0) is 0 Å². The summed E-state index contributed by atoms with van der Waals surface area (Å²) in [6, 6.07) is 50.0. The molecule has 0 fully saturated rings. The molecule has 0 radical (unpaired) electrons. The number of para-hydroxylation sites is 3. The van der Waals surface area contributed by atoms with Crippen molar-refractivity contribution < 1.29 is 0 Å². The molecule has 0 aliphatic carbocycles. The van der Waals surface area contributed by atoms with E-state index in [4.69, 9.17) is 0 Å². The zero-order valence-electron chi connectivity index (χ0n) is 26.8. The molecule has 0 heterocycles. The molecule has 222 valence electrons. The van der Waals surface area contributed by atoms with Crippen LogP contribution in [0.5, 0.6) is 0 Å². The molecule has 0 amide bonds. The minimum atomic E-state index is 1.14. The van der Waals surface area contributed by atoms with Crippen molar-refractivity contribution in [1.29, 1.82) is 0 Å². The lowest BCUT2D eigenvalue weighted by atomic mass is 10.0. The Morgan fingerprint density at radius 3 is 1.04 bits per heavy atom. The highest BCUT2D eigenvalue weighted by atomic mass is 15.2. The predicted octanol–water partition coefficient (Wildman–Crippen LogP) is 12.3. The summed E-state index contributed by atoms with van der Waals surface area (Å²) in [4.78, 5) is 4.72. The summed E-state index contributed by atoms with van der Waals surface area (Å²) in [6.45, 7) is 10.9. The maximum absolute atomic E-state index is 2.37. The van der Waals surface area contributed by atoms with Gasteiger partial charge in [0.05, 0.1) is 11.4 Å². The van der Waals surface area contributed by atoms with Crippen molar-refractivity contribution in [3.63, 3.8) is 0 Å². The molecule has 0 spiro atoms.